The number of aromatic nitrogens is 1. The highest BCUT2D eigenvalue weighted by atomic mass is 35.5. The molecule has 3 aromatic carbocycles. The lowest BCUT2D eigenvalue weighted by Gasteiger charge is -2.06. The molecule has 4 aromatic rings. The minimum absolute atomic E-state index is 0.0304. The summed E-state index contributed by atoms with van der Waals surface area (Å²) in [6, 6.07) is 25.8. The number of halogens is 1. The molecule has 0 atom stereocenters. The highest BCUT2D eigenvalue weighted by Gasteiger charge is 2.19. The number of rotatable bonds is 3. The van der Waals surface area contributed by atoms with Gasteiger partial charge >= 0.3 is 0 Å². The fourth-order valence-electron chi connectivity index (χ4n) is 3.43. The summed E-state index contributed by atoms with van der Waals surface area (Å²) in [4.78, 5) is 12.5. The maximum atomic E-state index is 12.5. The molecule has 27 heavy (non-hydrogen) atoms. The van der Waals surface area contributed by atoms with Gasteiger partial charge in [0.15, 0.2) is 0 Å². The van der Waals surface area contributed by atoms with E-state index in [0.29, 0.717) is 5.02 Å². The van der Waals surface area contributed by atoms with Crippen LogP contribution in [-0.2, 0) is 0 Å². The number of carbonyl (C=O) groups excluding carboxylic acids is 1. The molecule has 4 rings (SSSR count). The van der Waals surface area contributed by atoms with Crippen LogP contribution in [0.1, 0.15) is 23.0 Å². The van der Waals surface area contributed by atoms with Gasteiger partial charge in [0.25, 0.3) is 0 Å². The van der Waals surface area contributed by atoms with Crippen LogP contribution in [0, 0.1) is 0 Å². The van der Waals surface area contributed by atoms with Crippen LogP contribution in [0.2, 0.25) is 5.02 Å². The lowest BCUT2D eigenvalue weighted by Crippen LogP contribution is -2.07. The average molecular weight is 372 g/mol. The highest BCUT2D eigenvalue weighted by molar-refractivity contribution is 6.31. The fourth-order valence-corrected chi connectivity index (χ4v) is 3.60. The Bertz CT molecular complexity index is 1140. The molecule has 0 aliphatic carbocycles. The smallest absolute Gasteiger partial charge is 0.228 e. The van der Waals surface area contributed by atoms with Crippen LogP contribution in [0.5, 0.6) is 0 Å². The summed E-state index contributed by atoms with van der Waals surface area (Å²) in [6.45, 7) is 1.59. The molecule has 0 unspecified atom stereocenters. The Morgan fingerprint density at radius 3 is 2.22 bits per heavy atom. The van der Waals surface area contributed by atoms with E-state index in [0.717, 1.165) is 33.3 Å². The molecule has 3 heteroatoms. The molecule has 1 aromatic heterocycles. The van der Waals surface area contributed by atoms with E-state index >= 15 is 0 Å². The van der Waals surface area contributed by atoms with Crippen molar-refractivity contribution in [1.82, 2.24) is 4.57 Å². The minimum atomic E-state index is -0.0304. The summed E-state index contributed by atoms with van der Waals surface area (Å²) in [6.07, 6.45) is 4.04. The van der Waals surface area contributed by atoms with Gasteiger partial charge in [0.05, 0.1) is 11.2 Å². The second-order valence-corrected chi connectivity index (χ2v) is 6.82. The van der Waals surface area contributed by atoms with Crippen molar-refractivity contribution in [2.75, 3.05) is 0 Å². The average Bonchev–Trinajstić information content (AvgIpc) is 3.01. The fraction of sp³-hybridized carbons (Fsp3) is 0.0417. The maximum absolute atomic E-state index is 12.5. The predicted octanol–water partition coefficient (Wildman–Crippen LogP) is 6.79. The molecule has 132 valence electrons. The zero-order valence-electron chi connectivity index (χ0n) is 14.9. The lowest BCUT2D eigenvalue weighted by atomic mass is 10.0. The van der Waals surface area contributed by atoms with Crippen molar-refractivity contribution in [2.24, 2.45) is 0 Å². The third kappa shape index (κ3) is 3.32. The number of fused-ring (bicyclic) bond motifs is 1. The summed E-state index contributed by atoms with van der Waals surface area (Å²) < 4.78 is 1.76. The molecule has 0 aliphatic rings. The third-order valence-electron chi connectivity index (χ3n) is 4.58. The predicted molar refractivity (Wildman–Crippen MR) is 114 cm³/mol. The van der Waals surface area contributed by atoms with Crippen molar-refractivity contribution < 1.29 is 4.79 Å². The van der Waals surface area contributed by atoms with E-state index in [2.05, 4.69) is 12.1 Å². The molecule has 0 bridgehead atoms. The van der Waals surface area contributed by atoms with Crippen molar-refractivity contribution in [3.8, 4) is 11.1 Å². The van der Waals surface area contributed by atoms with Gasteiger partial charge in [0.1, 0.15) is 0 Å². The van der Waals surface area contributed by atoms with Crippen LogP contribution in [0.3, 0.4) is 0 Å². The van der Waals surface area contributed by atoms with Gasteiger partial charge in [0.2, 0.25) is 5.91 Å². The first kappa shape index (κ1) is 17.3. The normalized spacial score (nSPS) is 11.3. The van der Waals surface area contributed by atoms with E-state index in [1.54, 1.807) is 11.5 Å². The first-order chi connectivity index (χ1) is 13.1. The monoisotopic (exact) mass is 371 g/mol. The first-order valence-corrected chi connectivity index (χ1v) is 9.16. The van der Waals surface area contributed by atoms with Crippen LogP contribution < -0.4 is 0 Å². The summed E-state index contributed by atoms with van der Waals surface area (Å²) in [5, 5.41) is 1.62. The Kier molecular flexibility index (Phi) is 4.66. The van der Waals surface area contributed by atoms with Crippen LogP contribution in [0.15, 0.2) is 78.9 Å². The number of hydrogen-bond donors (Lipinski definition) is 0. The van der Waals surface area contributed by atoms with E-state index in [-0.39, 0.29) is 5.91 Å². The van der Waals surface area contributed by atoms with Gasteiger partial charge in [0, 0.05) is 22.9 Å². The van der Waals surface area contributed by atoms with E-state index < -0.39 is 0 Å². The lowest BCUT2D eigenvalue weighted by molar-refractivity contribution is 0.0941. The van der Waals surface area contributed by atoms with Gasteiger partial charge in [-0.1, -0.05) is 78.3 Å². The van der Waals surface area contributed by atoms with E-state index in [1.165, 1.54) is 0 Å². The molecule has 0 spiro atoms. The summed E-state index contributed by atoms with van der Waals surface area (Å²) >= 11 is 6.28. The number of carbonyl (C=O) groups is 1. The minimum Gasteiger partial charge on any atom is -0.280 e. The number of nitrogens with zero attached hydrogens (tertiary/aromatic N) is 1. The SMILES string of the molecule is CC(=O)n1c(/C=C/c2ccccc2)c(-c2ccccc2)c2cc(Cl)ccc21. The molecule has 0 radical (unpaired) electrons. The molecule has 0 saturated heterocycles. The molecule has 0 amide bonds. The van der Waals surface area contributed by atoms with Crippen molar-refractivity contribution in [3.05, 3.63) is 95.1 Å². The molecule has 0 fully saturated rings. The third-order valence-corrected chi connectivity index (χ3v) is 4.81. The van der Waals surface area contributed by atoms with Gasteiger partial charge in [-0.05, 0) is 35.4 Å². The van der Waals surface area contributed by atoms with E-state index in [9.17, 15) is 4.79 Å². The second kappa shape index (κ2) is 7.26. The van der Waals surface area contributed by atoms with E-state index in [1.807, 2.05) is 78.9 Å². The summed E-state index contributed by atoms with van der Waals surface area (Å²) in [5.74, 6) is -0.0304. The maximum Gasteiger partial charge on any atom is 0.228 e. The number of benzene rings is 3. The zero-order chi connectivity index (χ0) is 18.8. The molecule has 2 nitrogen and oxygen atoms in total. The molecule has 0 N–H and O–H groups in total. The van der Waals surface area contributed by atoms with Gasteiger partial charge in [-0.3, -0.25) is 9.36 Å². The van der Waals surface area contributed by atoms with Crippen molar-refractivity contribution in [1.29, 1.82) is 0 Å². The topological polar surface area (TPSA) is 22.0 Å². The molecule has 0 saturated carbocycles. The Morgan fingerprint density at radius 2 is 1.56 bits per heavy atom. The highest BCUT2D eigenvalue weighted by Crippen LogP contribution is 2.37. The molecular weight excluding hydrogens is 354 g/mol. The quantitative estimate of drug-likeness (QED) is 0.388. The van der Waals surface area contributed by atoms with Gasteiger partial charge in [-0.2, -0.15) is 0 Å². The van der Waals surface area contributed by atoms with Gasteiger partial charge in [-0.15, -0.1) is 0 Å². The molecule has 0 aliphatic heterocycles. The van der Waals surface area contributed by atoms with Gasteiger partial charge < -0.3 is 0 Å². The number of hydrogen-bond acceptors (Lipinski definition) is 1. The summed E-state index contributed by atoms with van der Waals surface area (Å²) in [5.41, 5.74) is 4.86. The van der Waals surface area contributed by atoms with E-state index in [4.69, 9.17) is 11.6 Å². The van der Waals surface area contributed by atoms with Crippen LogP contribution in [-0.4, -0.2) is 10.5 Å². The van der Waals surface area contributed by atoms with Gasteiger partial charge in [-0.25, -0.2) is 0 Å². The Hall–Kier alpha value is -3.10. The van der Waals surface area contributed by atoms with Crippen molar-refractivity contribution in [2.45, 2.75) is 6.92 Å². The van der Waals surface area contributed by atoms with Crippen molar-refractivity contribution in [3.63, 3.8) is 0 Å². The Balaban J connectivity index is 2.04. The summed E-state index contributed by atoms with van der Waals surface area (Å²) in [7, 11) is 0. The second-order valence-electron chi connectivity index (χ2n) is 6.39. The first-order valence-electron chi connectivity index (χ1n) is 8.78. The van der Waals surface area contributed by atoms with Crippen LogP contribution >= 0.6 is 11.6 Å². The Morgan fingerprint density at radius 1 is 0.889 bits per heavy atom. The molecular formula is C24H18ClNO. The largest absolute Gasteiger partial charge is 0.280 e. The Labute approximate surface area is 163 Å². The van der Waals surface area contributed by atoms with Crippen molar-refractivity contribution >= 4 is 40.6 Å². The zero-order valence-corrected chi connectivity index (χ0v) is 15.6. The van der Waals surface area contributed by atoms with Crippen LogP contribution in [0.4, 0.5) is 0 Å². The standard InChI is InChI=1S/C24H18ClNO/c1-17(27)26-22-15-13-20(25)16-21(22)24(19-10-6-3-7-11-19)23(26)14-12-18-8-4-2-5-9-18/h2-16H,1H3/b14-12+. The molecule has 1 heterocycles. The van der Waals surface area contributed by atoms with Crippen LogP contribution in [0.25, 0.3) is 34.2 Å².